The van der Waals surface area contributed by atoms with E-state index in [1.54, 1.807) is 65.8 Å². The molecule has 1 rings (SSSR count). The van der Waals surface area contributed by atoms with Crippen molar-refractivity contribution in [3.05, 3.63) is 29.8 Å². The summed E-state index contributed by atoms with van der Waals surface area (Å²) >= 11 is 0. The number of carboxylic acid groups (broad SMARTS) is 1. The minimum Gasteiger partial charge on any atom is -0.482 e. The Hall–Kier alpha value is -2.77. The molecule has 0 heterocycles. The lowest BCUT2D eigenvalue weighted by molar-refractivity contribution is -0.157. The van der Waals surface area contributed by atoms with Gasteiger partial charge in [-0.3, -0.25) is 0 Å². The largest absolute Gasteiger partial charge is 0.482 e. The van der Waals surface area contributed by atoms with Crippen molar-refractivity contribution in [3.63, 3.8) is 0 Å². The number of aliphatic carboxylic acids is 1. The number of carbonyl (C=O) groups excluding carboxylic acids is 2. The second kappa shape index (κ2) is 9.43. The first kappa shape index (κ1) is 23.3. The number of amides is 1. The molecule has 8 nitrogen and oxygen atoms in total. The third-order valence-corrected chi connectivity index (χ3v) is 3.11. The molecule has 1 aromatic rings. The smallest absolute Gasteiger partial charge is 0.408 e. The van der Waals surface area contributed by atoms with E-state index in [0.29, 0.717) is 5.75 Å². The molecule has 1 amide bonds. The molecule has 1 atom stereocenters. The summed E-state index contributed by atoms with van der Waals surface area (Å²) in [5.41, 5.74) is -0.680. The highest BCUT2D eigenvalue weighted by molar-refractivity contribution is 5.82. The van der Waals surface area contributed by atoms with Gasteiger partial charge in [0.2, 0.25) is 0 Å². The van der Waals surface area contributed by atoms with Crippen molar-refractivity contribution in [2.45, 2.75) is 65.2 Å². The molecule has 156 valence electrons. The van der Waals surface area contributed by atoms with Crippen LogP contribution in [0.4, 0.5) is 4.79 Å². The van der Waals surface area contributed by atoms with Crippen LogP contribution in [0.25, 0.3) is 0 Å². The van der Waals surface area contributed by atoms with Crippen LogP contribution >= 0.6 is 0 Å². The number of hydrogen-bond donors (Lipinski definition) is 2. The van der Waals surface area contributed by atoms with Crippen molar-refractivity contribution < 1.29 is 33.7 Å². The van der Waals surface area contributed by atoms with Crippen molar-refractivity contribution in [2.75, 3.05) is 6.61 Å². The van der Waals surface area contributed by atoms with E-state index in [0.717, 1.165) is 5.56 Å². The molecule has 2 N–H and O–H groups in total. The van der Waals surface area contributed by atoms with Gasteiger partial charge in [-0.15, -0.1) is 0 Å². The Morgan fingerprint density at radius 1 is 0.964 bits per heavy atom. The van der Waals surface area contributed by atoms with Crippen LogP contribution in [0.5, 0.6) is 5.75 Å². The summed E-state index contributed by atoms with van der Waals surface area (Å²) in [4.78, 5) is 35.2. The number of esters is 1. The van der Waals surface area contributed by atoms with Gasteiger partial charge >= 0.3 is 18.0 Å². The molecule has 0 aliphatic carbocycles. The Labute approximate surface area is 165 Å². The van der Waals surface area contributed by atoms with Gasteiger partial charge < -0.3 is 24.6 Å². The van der Waals surface area contributed by atoms with Gasteiger partial charge in [-0.2, -0.15) is 0 Å². The first-order valence-corrected chi connectivity index (χ1v) is 8.91. The zero-order chi connectivity index (χ0) is 21.5. The summed E-state index contributed by atoms with van der Waals surface area (Å²) in [5, 5.41) is 11.2. The molecular formula is C20H29NO7. The Kier molecular flexibility index (Phi) is 7.84. The molecule has 0 aromatic heterocycles. The zero-order valence-corrected chi connectivity index (χ0v) is 17.2. The maximum Gasteiger partial charge on any atom is 0.408 e. The summed E-state index contributed by atoms with van der Waals surface area (Å²) < 4.78 is 15.7. The number of nitrogens with one attached hydrogen (secondary N) is 1. The number of carbonyl (C=O) groups is 3. The normalized spacial score (nSPS) is 12.6. The van der Waals surface area contributed by atoms with Gasteiger partial charge in [-0.1, -0.05) is 12.1 Å². The van der Waals surface area contributed by atoms with Crippen LogP contribution in [0.15, 0.2) is 24.3 Å². The summed E-state index contributed by atoms with van der Waals surface area (Å²) in [6, 6.07) is 5.62. The van der Waals surface area contributed by atoms with Crippen LogP contribution in [0.3, 0.4) is 0 Å². The van der Waals surface area contributed by atoms with Crippen LogP contribution in [-0.2, 0) is 25.5 Å². The van der Waals surface area contributed by atoms with Crippen molar-refractivity contribution in [1.29, 1.82) is 0 Å². The van der Waals surface area contributed by atoms with Gasteiger partial charge in [-0.05, 0) is 59.2 Å². The highest BCUT2D eigenvalue weighted by Crippen LogP contribution is 2.16. The van der Waals surface area contributed by atoms with Crippen LogP contribution in [0.2, 0.25) is 0 Å². The van der Waals surface area contributed by atoms with E-state index in [2.05, 4.69) is 5.32 Å². The Morgan fingerprint density at radius 2 is 1.50 bits per heavy atom. The van der Waals surface area contributed by atoms with Crippen molar-refractivity contribution in [2.24, 2.45) is 0 Å². The minimum atomic E-state index is -1.07. The van der Waals surface area contributed by atoms with Gasteiger partial charge in [0.15, 0.2) is 6.61 Å². The number of carboxylic acids is 1. The molecule has 0 spiro atoms. The lowest BCUT2D eigenvalue weighted by Gasteiger charge is -2.26. The van der Waals surface area contributed by atoms with Gasteiger partial charge in [-0.25, -0.2) is 14.4 Å². The number of hydrogen-bond acceptors (Lipinski definition) is 6. The fourth-order valence-corrected chi connectivity index (χ4v) is 2.12. The van der Waals surface area contributed by atoms with Crippen LogP contribution < -0.4 is 10.1 Å². The van der Waals surface area contributed by atoms with E-state index in [1.807, 2.05) is 0 Å². The molecule has 0 bridgehead atoms. The fourth-order valence-electron chi connectivity index (χ4n) is 2.12. The Balaban J connectivity index is 2.87. The molecule has 0 unspecified atom stereocenters. The average Bonchev–Trinajstić information content (AvgIpc) is 2.50. The van der Waals surface area contributed by atoms with Gasteiger partial charge in [0.1, 0.15) is 23.0 Å². The van der Waals surface area contributed by atoms with E-state index in [-0.39, 0.29) is 6.42 Å². The maximum atomic E-state index is 12.5. The quantitative estimate of drug-likeness (QED) is 0.683. The SMILES string of the molecule is CC(C)(C)OC(=O)N[C@@H](Cc1ccc(OCC(=O)O)cc1)C(=O)OC(C)(C)C. The van der Waals surface area contributed by atoms with E-state index in [4.69, 9.17) is 19.3 Å². The zero-order valence-electron chi connectivity index (χ0n) is 17.2. The third-order valence-electron chi connectivity index (χ3n) is 3.11. The summed E-state index contributed by atoms with van der Waals surface area (Å²) in [5.74, 6) is -1.26. The first-order valence-electron chi connectivity index (χ1n) is 8.91. The van der Waals surface area contributed by atoms with Crippen LogP contribution in [-0.4, -0.2) is 47.0 Å². The average molecular weight is 395 g/mol. The number of benzene rings is 1. The molecule has 1 aromatic carbocycles. The topological polar surface area (TPSA) is 111 Å². The molecule has 0 fully saturated rings. The number of rotatable bonds is 7. The highest BCUT2D eigenvalue weighted by Gasteiger charge is 2.28. The Bertz CT molecular complexity index is 684. The molecule has 0 aliphatic heterocycles. The summed E-state index contributed by atoms with van der Waals surface area (Å²) in [7, 11) is 0. The molecule has 8 heteroatoms. The van der Waals surface area contributed by atoms with E-state index in [1.165, 1.54) is 0 Å². The van der Waals surface area contributed by atoms with E-state index < -0.39 is 41.9 Å². The maximum absolute atomic E-state index is 12.5. The molecular weight excluding hydrogens is 366 g/mol. The molecule has 0 saturated carbocycles. The second-order valence-corrected chi connectivity index (χ2v) is 8.26. The molecule has 28 heavy (non-hydrogen) atoms. The predicted molar refractivity (Wildman–Crippen MR) is 102 cm³/mol. The van der Waals surface area contributed by atoms with Gasteiger partial charge in [0.05, 0.1) is 0 Å². The van der Waals surface area contributed by atoms with E-state index in [9.17, 15) is 14.4 Å². The van der Waals surface area contributed by atoms with Crippen LogP contribution in [0.1, 0.15) is 47.1 Å². The third kappa shape index (κ3) is 9.80. The van der Waals surface area contributed by atoms with Crippen molar-refractivity contribution >= 4 is 18.0 Å². The van der Waals surface area contributed by atoms with Crippen molar-refractivity contribution in [3.8, 4) is 5.75 Å². The van der Waals surface area contributed by atoms with Crippen LogP contribution in [0, 0.1) is 0 Å². The first-order chi connectivity index (χ1) is 12.7. The molecule has 0 aliphatic rings. The second-order valence-electron chi connectivity index (χ2n) is 8.26. The van der Waals surface area contributed by atoms with Gasteiger partial charge in [0, 0.05) is 6.42 Å². The fraction of sp³-hybridized carbons (Fsp3) is 0.550. The summed E-state index contributed by atoms with van der Waals surface area (Å²) in [6.45, 7) is 9.96. The van der Waals surface area contributed by atoms with Gasteiger partial charge in [0.25, 0.3) is 0 Å². The highest BCUT2D eigenvalue weighted by atomic mass is 16.6. The number of ether oxygens (including phenoxy) is 3. The lowest BCUT2D eigenvalue weighted by atomic mass is 10.1. The monoisotopic (exact) mass is 395 g/mol. The number of alkyl carbamates (subject to hydrolysis) is 1. The molecule has 0 radical (unpaired) electrons. The minimum absolute atomic E-state index is 0.174. The predicted octanol–water partition coefficient (Wildman–Crippen LogP) is 2.93. The van der Waals surface area contributed by atoms with E-state index >= 15 is 0 Å². The Morgan fingerprint density at radius 3 is 1.96 bits per heavy atom. The molecule has 0 saturated heterocycles. The lowest BCUT2D eigenvalue weighted by Crippen LogP contribution is -2.47. The standard InChI is InChI=1S/C20H29NO7/c1-19(2,3)27-17(24)15(21-18(25)28-20(4,5)6)11-13-7-9-14(10-8-13)26-12-16(22)23/h7-10,15H,11-12H2,1-6H3,(H,21,25)(H,22,23)/t15-/m0/s1. The summed E-state index contributed by atoms with van der Waals surface area (Å²) in [6.07, 6.45) is -0.544. The van der Waals surface area contributed by atoms with Crippen molar-refractivity contribution in [1.82, 2.24) is 5.32 Å².